The molecule has 1 aliphatic carbocycles. The fraction of sp³-hybridized carbons (Fsp3) is 1.00. The molecule has 0 radical (unpaired) electrons. The van der Waals surface area contributed by atoms with E-state index >= 15 is 0 Å². The molecule has 2 aliphatic rings. The van der Waals surface area contributed by atoms with Crippen molar-refractivity contribution in [3.05, 3.63) is 0 Å². The second-order valence-electron chi connectivity index (χ2n) is 5.63. The molecule has 0 spiro atoms. The Morgan fingerprint density at radius 1 is 1.13 bits per heavy atom. The summed E-state index contributed by atoms with van der Waals surface area (Å²) in [5.41, 5.74) is 5.64. The summed E-state index contributed by atoms with van der Waals surface area (Å²) >= 11 is 0. The van der Waals surface area contributed by atoms with E-state index in [4.69, 9.17) is 5.73 Å². The summed E-state index contributed by atoms with van der Waals surface area (Å²) in [5.74, 6) is 1.89. The third-order valence-corrected chi connectivity index (χ3v) is 4.42. The smallest absolute Gasteiger partial charge is 0.00980 e. The Hall–Kier alpha value is -0.0800. The first-order chi connectivity index (χ1) is 7.29. The zero-order valence-electron chi connectivity index (χ0n) is 10.1. The number of rotatable bonds is 3. The van der Waals surface area contributed by atoms with Gasteiger partial charge in [-0.05, 0) is 70.0 Å². The van der Waals surface area contributed by atoms with Gasteiger partial charge in [-0.1, -0.05) is 6.92 Å². The molecule has 0 aromatic rings. The summed E-state index contributed by atoms with van der Waals surface area (Å²) in [6.07, 6.45) is 8.36. The number of nitrogens with two attached hydrogens (primary N) is 1. The van der Waals surface area contributed by atoms with E-state index in [0.29, 0.717) is 0 Å². The van der Waals surface area contributed by atoms with Crippen molar-refractivity contribution in [2.75, 3.05) is 19.6 Å². The molecule has 0 aromatic carbocycles. The van der Waals surface area contributed by atoms with Gasteiger partial charge in [-0.3, -0.25) is 0 Å². The minimum absolute atomic E-state index is 0.883. The zero-order valence-corrected chi connectivity index (χ0v) is 10.1. The maximum absolute atomic E-state index is 5.64. The van der Waals surface area contributed by atoms with Gasteiger partial charge in [0.2, 0.25) is 0 Å². The van der Waals surface area contributed by atoms with E-state index in [1.807, 2.05) is 0 Å². The minimum atomic E-state index is 0.883. The normalized spacial score (nSPS) is 34.8. The Bertz CT molecular complexity index is 185. The van der Waals surface area contributed by atoms with Gasteiger partial charge in [-0.2, -0.15) is 0 Å². The Morgan fingerprint density at radius 2 is 1.87 bits per heavy atom. The molecule has 2 atom stereocenters. The van der Waals surface area contributed by atoms with Crippen molar-refractivity contribution in [3.63, 3.8) is 0 Å². The number of hydrogen-bond acceptors (Lipinski definition) is 2. The first kappa shape index (κ1) is 11.4. The standard InChI is InChI=1S/C13H26N2/c1-11-5-8-15(9-6-11)13-3-2-12(10-13)4-7-14/h11-13H,2-10,14H2,1H3. The van der Waals surface area contributed by atoms with Crippen LogP contribution in [0.1, 0.15) is 45.4 Å². The Morgan fingerprint density at radius 3 is 2.53 bits per heavy atom. The van der Waals surface area contributed by atoms with Crippen molar-refractivity contribution in [3.8, 4) is 0 Å². The lowest BCUT2D eigenvalue weighted by molar-refractivity contribution is 0.137. The third-order valence-electron chi connectivity index (χ3n) is 4.42. The molecule has 0 aromatic heterocycles. The first-order valence-electron chi connectivity index (χ1n) is 6.73. The van der Waals surface area contributed by atoms with Crippen LogP contribution in [0.5, 0.6) is 0 Å². The topological polar surface area (TPSA) is 29.3 Å². The molecule has 2 fully saturated rings. The van der Waals surface area contributed by atoms with E-state index < -0.39 is 0 Å². The quantitative estimate of drug-likeness (QED) is 0.774. The van der Waals surface area contributed by atoms with Crippen LogP contribution in [0.15, 0.2) is 0 Å². The van der Waals surface area contributed by atoms with Crippen LogP contribution in [0.25, 0.3) is 0 Å². The lowest BCUT2D eigenvalue weighted by Gasteiger charge is -2.35. The van der Waals surface area contributed by atoms with Gasteiger partial charge in [0.05, 0.1) is 0 Å². The van der Waals surface area contributed by atoms with Crippen molar-refractivity contribution < 1.29 is 0 Å². The average Bonchev–Trinajstić information content (AvgIpc) is 2.68. The van der Waals surface area contributed by atoms with Crippen LogP contribution in [0.2, 0.25) is 0 Å². The predicted octanol–water partition coefficient (Wildman–Crippen LogP) is 2.24. The summed E-state index contributed by atoms with van der Waals surface area (Å²) in [5, 5.41) is 0. The van der Waals surface area contributed by atoms with E-state index in [2.05, 4.69) is 11.8 Å². The van der Waals surface area contributed by atoms with Crippen LogP contribution in [-0.4, -0.2) is 30.6 Å². The fourth-order valence-electron chi connectivity index (χ4n) is 3.27. The number of hydrogen-bond donors (Lipinski definition) is 1. The number of piperidine rings is 1. The van der Waals surface area contributed by atoms with E-state index in [-0.39, 0.29) is 0 Å². The summed E-state index contributed by atoms with van der Waals surface area (Å²) < 4.78 is 0. The number of likely N-dealkylation sites (tertiary alicyclic amines) is 1. The van der Waals surface area contributed by atoms with Gasteiger partial charge < -0.3 is 10.6 Å². The van der Waals surface area contributed by atoms with Crippen LogP contribution in [0.3, 0.4) is 0 Å². The molecule has 0 bridgehead atoms. The molecular weight excluding hydrogens is 184 g/mol. The molecule has 88 valence electrons. The van der Waals surface area contributed by atoms with E-state index in [1.54, 1.807) is 0 Å². The Balaban J connectivity index is 1.75. The molecule has 2 N–H and O–H groups in total. The highest BCUT2D eigenvalue weighted by molar-refractivity contribution is 4.85. The van der Waals surface area contributed by atoms with Gasteiger partial charge in [-0.25, -0.2) is 0 Å². The van der Waals surface area contributed by atoms with Crippen LogP contribution < -0.4 is 5.73 Å². The van der Waals surface area contributed by atoms with Crippen LogP contribution in [-0.2, 0) is 0 Å². The summed E-state index contributed by atoms with van der Waals surface area (Å²) in [7, 11) is 0. The van der Waals surface area contributed by atoms with Crippen molar-refractivity contribution in [1.82, 2.24) is 4.90 Å². The summed E-state index contributed by atoms with van der Waals surface area (Å²) in [6, 6.07) is 0.897. The third kappa shape index (κ3) is 2.94. The average molecular weight is 210 g/mol. The summed E-state index contributed by atoms with van der Waals surface area (Å²) in [4.78, 5) is 2.75. The molecule has 0 amide bonds. The molecular formula is C13H26N2. The van der Waals surface area contributed by atoms with E-state index in [1.165, 1.54) is 51.6 Å². The highest BCUT2D eigenvalue weighted by Crippen LogP contribution is 2.33. The lowest BCUT2D eigenvalue weighted by atomic mass is 9.97. The van der Waals surface area contributed by atoms with Crippen molar-refractivity contribution in [2.24, 2.45) is 17.6 Å². The molecule has 1 heterocycles. The molecule has 2 nitrogen and oxygen atoms in total. The van der Waals surface area contributed by atoms with Gasteiger partial charge in [0, 0.05) is 6.04 Å². The minimum Gasteiger partial charge on any atom is -0.330 e. The fourth-order valence-corrected chi connectivity index (χ4v) is 3.27. The SMILES string of the molecule is CC1CCN(C2CCC(CCN)C2)CC1. The maximum atomic E-state index is 5.64. The molecule has 15 heavy (non-hydrogen) atoms. The van der Waals surface area contributed by atoms with E-state index in [9.17, 15) is 0 Å². The van der Waals surface area contributed by atoms with Gasteiger partial charge in [0.1, 0.15) is 0 Å². The monoisotopic (exact) mass is 210 g/mol. The van der Waals surface area contributed by atoms with Crippen LogP contribution in [0.4, 0.5) is 0 Å². The largest absolute Gasteiger partial charge is 0.330 e. The molecule has 1 saturated carbocycles. The van der Waals surface area contributed by atoms with Gasteiger partial charge >= 0.3 is 0 Å². The highest BCUT2D eigenvalue weighted by atomic mass is 15.2. The van der Waals surface area contributed by atoms with Gasteiger partial charge in [0.25, 0.3) is 0 Å². The molecule has 2 heteroatoms. The Labute approximate surface area is 94.2 Å². The van der Waals surface area contributed by atoms with Crippen LogP contribution in [0, 0.1) is 11.8 Å². The first-order valence-corrected chi connectivity index (χ1v) is 6.73. The molecule has 2 rings (SSSR count). The van der Waals surface area contributed by atoms with Crippen molar-refractivity contribution >= 4 is 0 Å². The molecule has 2 unspecified atom stereocenters. The second kappa shape index (κ2) is 5.31. The highest BCUT2D eigenvalue weighted by Gasteiger charge is 2.30. The Kier molecular flexibility index (Phi) is 4.04. The second-order valence-corrected chi connectivity index (χ2v) is 5.63. The molecule has 1 saturated heterocycles. The zero-order chi connectivity index (χ0) is 10.7. The lowest BCUT2D eigenvalue weighted by Crippen LogP contribution is -2.39. The predicted molar refractivity (Wildman–Crippen MR) is 64.8 cm³/mol. The van der Waals surface area contributed by atoms with Gasteiger partial charge in [0.15, 0.2) is 0 Å². The molecule has 1 aliphatic heterocycles. The van der Waals surface area contributed by atoms with Crippen LogP contribution >= 0.6 is 0 Å². The maximum Gasteiger partial charge on any atom is 0.00980 e. The van der Waals surface area contributed by atoms with E-state index in [0.717, 1.165) is 24.4 Å². The van der Waals surface area contributed by atoms with Gasteiger partial charge in [-0.15, -0.1) is 0 Å². The summed E-state index contributed by atoms with van der Waals surface area (Å²) in [6.45, 7) is 5.97. The van der Waals surface area contributed by atoms with Crippen molar-refractivity contribution in [2.45, 2.75) is 51.5 Å². The van der Waals surface area contributed by atoms with Crippen molar-refractivity contribution in [1.29, 1.82) is 0 Å². The number of nitrogens with zero attached hydrogens (tertiary/aromatic N) is 1.